The lowest BCUT2D eigenvalue weighted by Gasteiger charge is -2.13. The van der Waals surface area contributed by atoms with Crippen molar-refractivity contribution in [3.63, 3.8) is 0 Å². The van der Waals surface area contributed by atoms with Crippen LogP contribution in [0.5, 0.6) is 0 Å². The van der Waals surface area contributed by atoms with E-state index in [1.54, 1.807) is 0 Å². The van der Waals surface area contributed by atoms with Crippen molar-refractivity contribution < 1.29 is 0 Å². The van der Waals surface area contributed by atoms with Crippen LogP contribution in [0.1, 0.15) is 35.0 Å². The summed E-state index contributed by atoms with van der Waals surface area (Å²) >= 11 is 10.1. The second kappa shape index (κ2) is 6.38. The topological polar surface area (TPSA) is 17.8 Å². The number of halogens is 2. The van der Waals surface area contributed by atoms with Gasteiger partial charge >= 0.3 is 0 Å². The Morgan fingerprint density at radius 2 is 1.92 bits per heavy atom. The molecule has 0 bridgehead atoms. The van der Waals surface area contributed by atoms with Crippen molar-refractivity contribution in [3.8, 4) is 0 Å². The van der Waals surface area contributed by atoms with Gasteiger partial charge in [0.15, 0.2) is 0 Å². The van der Waals surface area contributed by atoms with Crippen LogP contribution in [0.2, 0.25) is 5.02 Å². The largest absolute Gasteiger partial charge is 0.331 e. The molecule has 0 saturated carbocycles. The zero-order valence-corrected chi connectivity index (χ0v) is 16.7. The third kappa shape index (κ3) is 2.80. The highest BCUT2D eigenvalue weighted by Crippen LogP contribution is 2.31. The molecule has 0 radical (unpaired) electrons. The van der Waals surface area contributed by atoms with E-state index in [9.17, 15) is 0 Å². The van der Waals surface area contributed by atoms with Crippen LogP contribution >= 0.6 is 27.5 Å². The molecule has 124 valence electrons. The summed E-state index contributed by atoms with van der Waals surface area (Å²) in [6, 6.07) is 8.17. The minimum atomic E-state index is 0.702. The first-order valence-electron chi connectivity index (χ1n) is 7.85. The van der Waals surface area contributed by atoms with Gasteiger partial charge in [-0.3, -0.25) is 0 Å². The van der Waals surface area contributed by atoms with Crippen LogP contribution in [0.4, 0.5) is 0 Å². The summed E-state index contributed by atoms with van der Waals surface area (Å²) in [6.45, 7) is 10.3. The molecule has 0 aliphatic carbocycles. The van der Waals surface area contributed by atoms with Gasteiger partial charge in [0.2, 0.25) is 0 Å². The molecule has 2 nitrogen and oxygen atoms in total. The van der Waals surface area contributed by atoms with E-state index in [-0.39, 0.29) is 0 Å². The summed E-state index contributed by atoms with van der Waals surface area (Å²) in [7, 11) is 2.06. The van der Waals surface area contributed by atoms with Crippen LogP contribution in [-0.2, 0) is 13.5 Å². The van der Waals surface area contributed by atoms with Gasteiger partial charge in [0.1, 0.15) is 5.82 Å². The highest BCUT2D eigenvalue weighted by molar-refractivity contribution is 9.10. The van der Waals surface area contributed by atoms with E-state index < -0.39 is 0 Å². The van der Waals surface area contributed by atoms with E-state index in [2.05, 4.69) is 60.1 Å². The van der Waals surface area contributed by atoms with E-state index in [4.69, 9.17) is 16.6 Å². The fraction of sp³-hybridized carbons (Fsp3) is 0.250. The van der Waals surface area contributed by atoms with E-state index in [0.29, 0.717) is 6.42 Å². The minimum absolute atomic E-state index is 0.702. The Bertz CT molecular complexity index is 970. The summed E-state index contributed by atoms with van der Waals surface area (Å²) in [5, 5.41) is 0.780. The van der Waals surface area contributed by atoms with Crippen LogP contribution in [0.3, 0.4) is 0 Å². The lowest BCUT2D eigenvalue weighted by Crippen LogP contribution is -2.03. The number of rotatable bonds is 3. The average molecular weight is 404 g/mol. The number of hydrogen-bond donors (Lipinski definition) is 0. The molecule has 0 aliphatic rings. The molecule has 0 saturated heterocycles. The molecule has 3 rings (SSSR count). The lowest BCUT2D eigenvalue weighted by molar-refractivity contribution is 0.842. The maximum atomic E-state index is 6.49. The highest BCUT2D eigenvalue weighted by atomic mass is 79.9. The van der Waals surface area contributed by atoms with Crippen molar-refractivity contribution in [3.05, 3.63) is 68.4 Å². The SMILES string of the molecule is C=C(C)c1ccc(Cl)c(Cc2nc3c(C)c(Br)ccc3n2C)c1C. The Balaban J connectivity index is 2.14. The van der Waals surface area contributed by atoms with E-state index in [1.165, 1.54) is 5.56 Å². The van der Waals surface area contributed by atoms with Crippen LogP contribution < -0.4 is 0 Å². The molecule has 1 aromatic heterocycles. The molecule has 0 fully saturated rings. The van der Waals surface area contributed by atoms with Crippen molar-refractivity contribution in [2.45, 2.75) is 27.2 Å². The van der Waals surface area contributed by atoms with Gasteiger partial charge in [-0.25, -0.2) is 4.98 Å². The lowest BCUT2D eigenvalue weighted by atomic mass is 9.96. The molecule has 0 aliphatic heterocycles. The second-order valence-corrected chi connectivity index (χ2v) is 7.54. The summed E-state index contributed by atoms with van der Waals surface area (Å²) in [5.41, 5.74) is 7.84. The van der Waals surface area contributed by atoms with Crippen LogP contribution in [0, 0.1) is 13.8 Å². The molecule has 0 unspecified atom stereocenters. The van der Waals surface area contributed by atoms with Crippen molar-refractivity contribution in [1.29, 1.82) is 0 Å². The number of benzene rings is 2. The van der Waals surface area contributed by atoms with Crippen LogP contribution in [0.15, 0.2) is 35.3 Å². The van der Waals surface area contributed by atoms with Crippen molar-refractivity contribution >= 4 is 44.1 Å². The molecule has 0 spiro atoms. The standard InChI is InChI=1S/C20H20BrClN2/c1-11(2)14-6-8-17(22)15(12(14)3)10-19-23-20-13(4)16(21)7-9-18(20)24(19)5/h6-9H,1,10H2,2-5H3. The zero-order valence-electron chi connectivity index (χ0n) is 14.4. The highest BCUT2D eigenvalue weighted by Gasteiger charge is 2.16. The summed E-state index contributed by atoms with van der Waals surface area (Å²) in [5.74, 6) is 1.01. The van der Waals surface area contributed by atoms with E-state index in [1.807, 2.05) is 19.1 Å². The van der Waals surface area contributed by atoms with Gasteiger partial charge in [-0.2, -0.15) is 0 Å². The maximum absolute atomic E-state index is 6.49. The zero-order chi connectivity index (χ0) is 17.6. The quantitative estimate of drug-likeness (QED) is 0.507. The molecule has 0 amide bonds. The Morgan fingerprint density at radius 1 is 1.21 bits per heavy atom. The first kappa shape index (κ1) is 17.2. The van der Waals surface area contributed by atoms with Gasteiger partial charge in [-0.15, -0.1) is 0 Å². The summed E-state index contributed by atoms with van der Waals surface area (Å²) in [4.78, 5) is 4.88. The molecular weight excluding hydrogens is 384 g/mol. The van der Waals surface area contributed by atoms with Crippen molar-refractivity contribution in [2.75, 3.05) is 0 Å². The summed E-state index contributed by atoms with van der Waals surface area (Å²) in [6.07, 6.45) is 0.702. The monoisotopic (exact) mass is 402 g/mol. The summed E-state index contributed by atoms with van der Waals surface area (Å²) < 4.78 is 3.23. The second-order valence-electron chi connectivity index (χ2n) is 6.28. The number of aromatic nitrogens is 2. The van der Waals surface area contributed by atoms with Crippen molar-refractivity contribution in [1.82, 2.24) is 9.55 Å². The Kier molecular flexibility index (Phi) is 4.58. The molecule has 0 N–H and O–H groups in total. The number of fused-ring (bicyclic) bond motifs is 1. The van der Waals surface area contributed by atoms with Gasteiger partial charge < -0.3 is 4.57 Å². The minimum Gasteiger partial charge on any atom is -0.331 e. The predicted molar refractivity (Wildman–Crippen MR) is 107 cm³/mol. The predicted octanol–water partition coefficient (Wildman–Crippen LogP) is 6.23. The van der Waals surface area contributed by atoms with Gasteiger partial charge in [0.05, 0.1) is 11.0 Å². The fourth-order valence-corrected chi connectivity index (χ4v) is 3.73. The van der Waals surface area contributed by atoms with Crippen molar-refractivity contribution in [2.24, 2.45) is 7.05 Å². The third-order valence-electron chi connectivity index (χ3n) is 4.67. The maximum Gasteiger partial charge on any atom is 0.114 e. The Labute approximate surface area is 156 Å². The molecule has 4 heteroatoms. The van der Waals surface area contributed by atoms with E-state index >= 15 is 0 Å². The number of aryl methyl sites for hydroxylation is 2. The first-order chi connectivity index (χ1) is 11.3. The Hall–Kier alpha value is -1.58. The molecule has 1 heterocycles. The molecule has 24 heavy (non-hydrogen) atoms. The van der Waals surface area contributed by atoms with Crippen LogP contribution in [0.25, 0.3) is 16.6 Å². The molecule has 2 aromatic carbocycles. The van der Waals surface area contributed by atoms with Gasteiger partial charge in [-0.1, -0.05) is 45.7 Å². The third-order valence-corrected chi connectivity index (χ3v) is 5.88. The number of hydrogen-bond acceptors (Lipinski definition) is 1. The van der Waals surface area contributed by atoms with Gasteiger partial charge in [-0.05, 0) is 61.2 Å². The fourth-order valence-electron chi connectivity index (χ4n) is 3.14. The average Bonchev–Trinajstić information content (AvgIpc) is 2.84. The number of imidazole rings is 1. The van der Waals surface area contributed by atoms with Gasteiger partial charge in [0, 0.05) is 23.0 Å². The smallest absolute Gasteiger partial charge is 0.114 e. The molecule has 3 aromatic rings. The normalized spacial score (nSPS) is 11.2. The van der Waals surface area contributed by atoms with E-state index in [0.717, 1.165) is 48.6 Å². The first-order valence-corrected chi connectivity index (χ1v) is 9.02. The molecule has 0 atom stereocenters. The van der Waals surface area contributed by atoms with Gasteiger partial charge in [0.25, 0.3) is 0 Å². The number of allylic oxidation sites excluding steroid dienone is 1. The number of nitrogens with zero attached hydrogens (tertiary/aromatic N) is 2. The molecular formula is C20H20BrClN2. The van der Waals surface area contributed by atoms with Crippen LogP contribution in [-0.4, -0.2) is 9.55 Å². The Morgan fingerprint density at radius 3 is 2.58 bits per heavy atom.